The second-order valence-electron chi connectivity index (χ2n) is 6.00. The Hall–Kier alpha value is -1.42. The summed E-state index contributed by atoms with van der Waals surface area (Å²) in [4.78, 5) is 0. The second-order valence-corrected chi connectivity index (χ2v) is 11.2. The summed E-state index contributed by atoms with van der Waals surface area (Å²) >= 11 is 1.15. The third-order valence-corrected chi connectivity index (χ3v) is 8.29. The Bertz CT molecular complexity index is 887. The first-order chi connectivity index (χ1) is 11.6. The van der Waals surface area contributed by atoms with E-state index >= 15 is 0 Å². The molecule has 1 aromatic carbocycles. The highest BCUT2D eigenvalue weighted by atomic mass is 32.2. The van der Waals surface area contributed by atoms with Gasteiger partial charge in [-0.1, -0.05) is 25.1 Å². The van der Waals surface area contributed by atoms with E-state index in [1.165, 1.54) is 0 Å². The van der Waals surface area contributed by atoms with Gasteiger partial charge in [0.05, 0.1) is 5.25 Å². The molecule has 0 fully saturated rings. The Kier molecular flexibility index (Phi) is 6.26. The lowest BCUT2D eigenvalue weighted by molar-refractivity contribution is 0.566. The summed E-state index contributed by atoms with van der Waals surface area (Å²) in [7, 11) is -6.86. The first-order valence-electron chi connectivity index (χ1n) is 7.76. The van der Waals surface area contributed by atoms with Gasteiger partial charge in [0.1, 0.15) is 4.21 Å². The van der Waals surface area contributed by atoms with Crippen LogP contribution in [0.4, 0.5) is 5.69 Å². The van der Waals surface area contributed by atoms with Gasteiger partial charge in [0.2, 0.25) is 10.0 Å². The van der Waals surface area contributed by atoms with Gasteiger partial charge in [-0.3, -0.25) is 4.72 Å². The minimum atomic E-state index is -3.57. The fourth-order valence-electron chi connectivity index (χ4n) is 2.03. The summed E-state index contributed by atoms with van der Waals surface area (Å²) in [6, 6.07) is 10.2. The molecule has 0 radical (unpaired) electrons. The van der Waals surface area contributed by atoms with Crippen molar-refractivity contribution in [1.82, 2.24) is 4.72 Å². The molecule has 25 heavy (non-hydrogen) atoms. The third kappa shape index (κ3) is 5.27. The fourth-order valence-corrected chi connectivity index (χ4v) is 4.89. The van der Waals surface area contributed by atoms with Gasteiger partial charge in [0.15, 0.2) is 0 Å². The molecule has 2 rings (SSSR count). The predicted molar refractivity (Wildman–Crippen MR) is 102 cm³/mol. The van der Waals surface area contributed by atoms with Crippen LogP contribution in [0.25, 0.3) is 0 Å². The molecule has 1 heterocycles. The number of thiophene rings is 1. The summed E-state index contributed by atoms with van der Waals surface area (Å²) in [6.45, 7) is 5.46. The Morgan fingerprint density at radius 2 is 1.64 bits per heavy atom. The normalized spacial score (nSPS) is 13.8. The monoisotopic (exact) mass is 402 g/mol. The van der Waals surface area contributed by atoms with Crippen LogP contribution in [0.15, 0.2) is 46.0 Å². The van der Waals surface area contributed by atoms with Crippen LogP contribution in [0.3, 0.4) is 0 Å². The van der Waals surface area contributed by atoms with Crippen molar-refractivity contribution in [3.63, 3.8) is 0 Å². The third-order valence-electron chi connectivity index (χ3n) is 3.70. The van der Waals surface area contributed by atoms with Crippen LogP contribution in [0, 0.1) is 0 Å². The van der Waals surface area contributed by atoms with E-state index in [0.29, 0.717) is 12.2 Å². The summed E-state index contributed by atoms with van der Waals surface area (Å²) in [5, 5.41) is 1.23. The molecule has 0 aliphatic rings. The van der Waals surface area contributed by atoms with E-state index in [1.807, 2.05) is 6.92 Å². The van der Waals surface area contributed by atoms with E-state index in [4.69, 9.17) is 0 Å². The molecule has 1 atom stereocenters. The fraction of sp³-hybridized carbons (Fsp3) is 0.375. The number of anilines is 1. The molecule has 2 N–H and O–H groups in total. The standard InChI is InChI=1S/C16H22N2O4S3/c1-12(2)24(19,20)17-11-13(3)14-6-8-15(9-7-14)18-25(21,22)16-5-4-10-23-16/h4-10,12-13,17-18H,11H2,1-3H3. The van der Waals surface area contributed by atoms with Crippen LogP contribution >= 0.6 is 11.3 Å². The van der Waals surface area contributed by atoms with E-state index in [-0.39, 0.29) is 10.1 Å². The van der Waals surface area contributed by atoms with E-state index in [0.717, 1.165) is 16.9 Å². The zero-order valence-electron chi connectivity index (χ0n) is 14.3. The number of sulfonamides is 2. The van der Waals surface area contributed by atoms with Gasteiger partial charge in [-0.2, -0.15) is 0 Å². The highest BCUT2D eigenvalue weighted by Gasteiger charge is 2.18. The highest BCUT2D eigenvalue weighted by molar-refractivity contribution is 7.94. The molecule has 0 saturated carbocycles. The molecule has 1 unspecified atom stereocenters. The minimum absolute atomic E-state index is 0.0310. The molecule has 0 amide bonds. The topological polar surface area (TPSA) is 92.3 Å². The Labute approximate surface area is 153 Å². The molecule has 0 saturated heterocycles. The van der Waals surface area contributed by atoms with Crippen molar-refractivity contribution in [2.24, 2.45) is 0 Å². The summed E-state index contributed by atoms with van der Waals surface area (Å²) in [5.41, 5.74) is 1.39. The second kappa shape index (κ2) is 7.86. The van der Waals surface area contributed by atoms with Crippen molar-refractivity contribution in [3.8, 4) is 0 Å². The Morgan fingerprint density at radius 1 is 1.00 bits per heavy atom. The lowest BCUT2D eigenvalue weighted by Gasteiger charge is -2.15. The lowest BCUT2D eigenvalue weighted by atomic mass is 10.0. The minimum Gasteiger partial charge on any atom is -0.279 e. The maximum absolute atomic E-state index is 12.2. The Balaban J connectivity index is 2.02. The van der Waals surface area contributed by atoms with Gasteiger partial charge in [-0.25, -0.2) is 21.6 Å². The maximum atomic E-state index is 12.2. The summed E-state index contributed by atoms with van der Waals surface area (Å²) in [6.07, 6.45) is 0. The van der Waals surface area contributed by atoms with Gasteiger partial charge in [-0.15, -0.1) is 11.3 Å². The zero-order valence-corrected chi connectivity index (χ0v) is 16.7. The molecule has 0 aliphatic heterocycles. The Morgan fingerprint density at radius 3 is 2.16 bits per heavy atom. The largest absolute Gasteiger partial charge is 0.279 e. The van der Waals surface area contributed by atoms with Crippen molar-refractivity contribution in [2.45, 2.75) is 36.1 Å². The van der Waals surface area contributed by atoms with Gasteiger partial charge in [0, 0.05) is 12.2 Å². The first kappa shape index (κ1) is 19.9. The molecular formula is C16H22N2O4S3. The average Bonchev–Trinajstić information content (AvgIpc) is 3.08. The number of benzene rings is 1. The van der Waals surface area contributed by atoms with Crippen LogP contribution in [-0.2, 0) is 20.0 Å². The van der Waals surface area contributed by atoms with E-state index in [1.54, 1.807) is 55.6 Å². The number of hydrogen-bond acceptors (Lipinski definition) is 5. The van der Waals surface area contributed by atoms with Gasteiger partial charge >= 0.3 is 0 Å². The van der Waals surface area contributed by atoms with Crippen LogP contribution in [0.5, 0.6) is 0 Å². The molecule has 2 aromatic rings. The predicted octanol–water partition coefficient (Wildman–Crippen LogP) is 2.98. The SMILES string of the molecule is CC(CNS(=O)(=O)C(C)C)c1ccc(NS(=O)(=O)c2cccs2)cc1. The van der Waals surface area contributed by atoms with Crippen LogP contribution in [-0.4, -0.2) is 28.6 Å². The van der Waals surface area contributed by atoms with Crippen molar-refractivity contribution in [3.05, 3.63) is 47.3 Å². The summed E-state index contributed by atoms with van der Waals surface area (Å²) < 4.78 is 53.3. The van der Waals surface area contributed by atoms with Crippen LogP contribution in [0.2, 0.25) is 0 Å². The molecular weight excluding hydrogens is 380 g/mol. The molecule has 0 aliphatic carbocycles. The maximum Gasteiger partial charge on any atom is 0.271 e. The van der Waals surface area contributed by atoms with Gasteiger partial charge in [-0.05, 0) is 48.9 Å². The van der Waals surface area contributed by atoms with E-state index < -0.39 is 25.3 Å². The van der Waals surface area contributed by atoms with Crippen molar-refractivity contribution < 1.29 is 16.8 Å². The summed E-state index contributed by atoms with van der Waals surface area (Å²) in [5.74, 6) is -0.0310. The highest BCUT2D eigenvalue weighted by Crippen LogP contribution is 2.22. The quantitative estimate of drug-likeness (QED) is 0.710. The van der Waals surface area contributed by atoms with Crippen LogP contribution in [0.1, 0.15) is 32.3 Å². The molecule has 0 bridgehead atoms. The van der Waals surface area contributed by atoms with E-state index in [2.05, 4.69) is 9.44 Å². The number of nitrogens with one attached hydrogen (secondary N) is 2. The van der Waals surface area contributed by atoms with Crippen LogP contribution < -0.4 is 9.44 Å². The number of rotatable bonds is 8. The number of hydrogen-bond donors (Lipinski definition) is 2. The lowest BCUT2D eigenvalue weighted by Crippen LogP contribution is -2.33. The molecule has 1 aromatic heterocycles. The zero-order chi connectivity index (χ0) is 18.7. The van der Waals surface area contributed by atoms with Crippen molar-refractivity contribution >= 4 is 37.1 Å². The smallest absolute Gasteiger partial charge is 0.271 e. The van der Waals surface area contributed by atoms with Crippen molar-refractivity contribution in [1.29, 1.82) is 0 Å². The molecule has 6 nitrogen and oxygen atoms in total. The van der Waals surface area contributed by atoms with Gasteiger partial charge in [0.25, 0.3) is 10.0 Å². The average molecular weight is 403 g/mol. The van der Waals surface area contributed by atoms with E-state index in [9.17, 15) is 16.8 Å². The first-order valence-corrected chi connectivity index (χ1v) is 11.7. The van der Waals surface area contributed by atoms with Crippen molar-refractivity contribution in [2.75, 3.05) is 11.3 Å². The molecule has 0 spiro atoms. The van der Waals surface area contributed by atoms with Gasteiger partial charge < -0.3 is 0 Å². The molecule has 138 valence electrons. The molecule has 9 heteroatoms.